The molecule has 2 aromatic rings. The maximum atomic E-state index is 12.3. The van der Waals surface area contributed by atoms with Crippen LogP contribution < -0.4 is 5.73 Å². The van der Waals surface area contributed by atoms with Gasteiger partial charge in [-0.1, -0.05) is 29.8 Å². The molecular weight excluding hydrogens is 338 g/mol. The number of anilines is 1. The van der Waals surface area contributed by atoms with Gasteiger partial charge in [-0.05, 0) is 49.8 Å². The number of nitrogens with two attached hydrogens (primary N) is 1. The average molecular weight is 356 g/mol. The second-order valence-corrected chi connectivity index (χ2v) is 6.04. The van der Waals surface area contributed by atoms with Crippen LogP contribution in [-0.4, -0.2) is 23.4 Å². The molecule has 0 saturated carbocycles. The maximum absolute atomic E-state index is 12.3. The molecule has 0 aliphatic carbocycles. The Kier molecular flexibility index (Phi) is 4.76. The van der Waals surface area contributed by atoms with Crippen molar-refractivity contribution in [1.82, 2.24) is 5.01 Å². The van der Waals surface area contributed by atoms with E-state index in [0.29, 0.717) is 22.1 Å². The minimum absolute atomic E-state index is 0.272. The van der Waals surface area contributed by atoms with Gasteiger partial charge in [0.25, 0.3) is 0 Å². The fourth-order valence-corrected chi connectivity index (χ4v) is 2.77. The summed E-state index contributed by atoms with van der Waals surface area (Å²) in [5.41, 5.74) is 10.3. The number of fused-ring (bicyclic) bond motifs is 1. The van der Waals surface area contributed by atoms with E-state index in [1.165, 1.54) is 5.01 Å². The molecule has 3 rings (SSSR count). The third kappa shape index (κ3) is 3.51. The Hall–Kier alpha value is -2.79. The normalized spacial score (nSPS) is 13.5. The van der Waals surface area contributed by atoms with E-state index < -0.39 is 6.09 Å². The van der Waals surface area contributed by atoms with Crippen molar-refractivity contribution in [2.24, 2.45) is 5.10 Å². The Morgan fingerprint density at radius 3 is 2.64 bits per heavy atom. The number of ether oxygens (including phenoxy) is 1. The lowest BCUT2D eigenvalue weighted by Crippen LogP contribution is -2.26. The second-order valence-electron chi connectivity index (χ2n) is 5.60. The molecule has 0 unspecified atom stereocenters. The van der Waals surface area contributed by atoms with Crippen LogP contribution in [0.25, 0.3) is 6.08 Å². The van der Waals surface area contributed by atoms with Crippen molar-refractivity contribution in [1.29, 1.82) is 0 Å². The van der Waals surface area contributed by atoms with Crippen molar-refractivity contribution in [2.45, 2.75) is 13.8 Å². The molecule has 0 saturated heterocycles. The standard InChI is InChI=1S/C19H18ClN3O2/c1-3-25-19(24)23-12(2)10-14-4-7-15(20)11-17(14)18(22-23)13-5-8-16(21)9-6-13/h4-11H,3,21H2,1-2H3. The van der Waals surface area contributed by atoms with E-state index in [1.807, 2.05) is 43.3 Å². The number of rotatable bonds is 2. The Morgan fingerprint density at radius 2 is 1.96 bits per heavy atom. The first kappa shape index (κ1) is 17.0. The smallest absolute Gasteiger partial charge is 0.434 e. The van der Waals surface area contributed by atoms with E-state index in [1.54, 1.807) is 19.1 Å². The number of hydrogen-bond acceptors (Lipinski definition) is 4. The van der Waals surface area contributed by atoms with Crippen molar-refractivity contribution < 1.29 is 9.53 Å². The van der Waals surface area contributed by atoms with Crippen LogP contribution in [-0.2, 0) is 4.74 Å². The van der Waals surface area contributed by atoms with Crippen molar-refractivity contribution in [2.75, 3.05) is 12.3 Å². The van der Waals surface area contributed by atoms with E-state index in [4.69, 9.17) is 22.1 Å². The van der Waals surface area contributed by atoms with Gasteiger partial charge in [-0.2, -0.15) is 10.1 Å². The molecule has 128 valence electrons. The van der Waals surface area contributed by atoms with E-state index in [2.05, 4.69) is 5.10 Å². The van der Waals surface area contributed by atoms with E-state index in [0.717, 1.165) is 16.7 Å². The van der Waals surface area contributed by atoms with Crippen molar-refractivity contribution in [3.63, 3.8) is 0 Å². The molecule has 1 aliphatic rings. The summed E-state index contributed by atoms with van der Waals surface area (Å²) in [5, 5.41) is 6.43. The van der Waals surface area contributed by atoms with Crippen LogP contribution in [0, 0.1) is 0 Å². The molecule has 2 N–H and O–H groups in total. The number of hydrogen-bond donors (Lipinski definition) is 1. The fourth-order valence-electron chi connectivity index (χ4n) is 2.60. The molecule has 0 radical (unpaired) electrons. The van der Waals surface area contributed by atoms with Crippen LogP contribution in [0.4, 0.5) is 10.5 Å². The number of hydrazone groups is 1. The summed E-state index contributed by atoms with van der Waals surface area (Å²) < 4.78 is 5.13. The minimum atomic E-state index is -0.525. The van der Waals surface area contributed by atoms with Gasteiger partial charge >= 0.3 is 6.09 Å². The Morgan fingerprint density at radius 1 is 1.24 bits per heavy atom. The largest absolute Gasteiger partial charge is 0.448 e. The quantitative estimate of drug-likeness (QED) is 0.806. The fraction of sp³-hybridized carbons (Fsp3) is 0.158. The highest BCUT2D eigenvalue weighted by molar-refractivity contribution is 6.31. The summed E-state index contributed by atoms with van der Waals surface area (Å²) in [5.74, 6) is 0. The number of benzene rings is 2. The summed E-state index contributed by atoms with van der Waals surface area (Å²) in [6, 6.07) is 12.9. The van der Waals surface area contributed by atoms with Gasteiger partial charge in [0.05, 0.1) is 12.3 Å². The van der Waals surface area contributed by atoms with Crippen LogP contribution in [0.5, 0.6) is 0 Å². The maximum Gasteiger partial charge on any atom is 0.434 e. The molecule has 0 atom stereocenters. The number of nitrogens with zero attached hydrogens (tertiary/aromatic N) is 2. The summed E-state index contributed by atoms with van der Waals surface area (Å²) in [6.45, 7) is 3.84. The topological polar surface area (TPSA) is 67.9 Å². The molecule has 0 spiro atoms. The van der Waals surface area contributed by atoms with E-state index in [9.17, 15) is 4.79 Å². The molecule has 0 fully saturated rings. The van der Waals surface area contributed by atoms with Gasteiger partial charge in [-0.25, -0.2) is 4.79 Å². The zero-order valence-electron chi connectivity index (χ0n) is 14.0. The Balaban J connectivity index is 2.20. The highest BCUT2D eigenvalue weighted by Crippen LogP contribution is 2.27. The number of carbonyl (C=O) groups is 1. The van der Waals surface area contributed by atoms with Gasteiger partial charge in [0.15, 0.2) is 0 Å². The predicted octanol–water partition coefficient (Wildman–Crippen LogP) is 4.51. The van der Waals surface area contributed by atoms with Gasteiger partial charge in [0.1, 0.15) is 0 Å². The van der Waals surface area contributed by atoms with Gasteiger partial charge < -0.3 is 10.5 Å². The highest BCUT2D eigenvalue weighted by Gasteiger charge is 2.23. The Bertz CT molecular complexity index is 873. The van der Waals surface area contributed by atoms with E-state index in [-0.39, 0.29) is 6.61 Å². The lowest BCUT2D eigenvalue weighted by molar-refractivity contribution is 0.120. The van der Waals surface area contributed by atoms with Gasteiger partial charge in [0.2, 0.25) is 0 Å². The van der Waals surface area contributed by atoms with Crippen LogP contribution in [0.2, 0.25) is 5.02 Å². The summed E-state index contributed by atoms with van der Waals surface area (Å²) in [7, 11) is 0. The lowest BCUT2D eigenvalue weighted by Gasteiger charge is -2.17. The molecule has 0 aromatic heterocycles. The predicted molar refractivity (Wildman–Crippen MR) is 100 cm³/mol. The first-order chi connectivity index (χ1) is 12.0. The van der Waals surface area contributed by atoms with Crippen molar-refractivity contribution >= 4 is 35.2 Å². The molecule has 6 heteroatoms. The van der Waals surface area contributed by atoms with Crippen LogP contribution >= 0.6 is 11.6 Å². The third-order valence-corrected chi connectivity index (χ3v) is 4.03. The van der Waals surface area contributed by atoms with Gasteiger partial charge in [0, 0.05) is 27.5 Å². The first-order valence-corrected chi connectivity index (χ1v) is 8.27. The molecule has 2 aromatic carbocycles. The SMILES string of the molecule is CCOC(=O)N1N=C(c2ccc(N)cc2)c2cc(Cl)ccc2C=C1C. The number of amides is 1. The van der Waals surface area contributed by atoms with Crippen LogP contribution in [0.3, 0.4) is 0 Å². The minimum Gasteiger partial charge on any atom is -0.448 e. The number of nitrogen functional groups attached to an aromatic ring is 1. The van der Waals surface area contributed by atoms with Gasteiger partial charge in [-0.15, -0.1) is 0 Å². The zero-order valence-corrected chi connectivity index (χ0v) is 14.7. The molecule has 1 aliphatic heterocycles. The van der Waals surface area contributed by atoms with Crippen molar-refractivity contribution in [3.8, 4) is 0 Å². The molecular formula is C19H18ClN3O2. The first-order valence-electron chi connectivity index (χ1n) is 7.89. The molecule has 5 nitrogen and oxygen atoms in total. The monoisotopic (exact) mass is 355 g/mol. The second kappa shape index (κ2) is 6.99. The molecule has 0 bridgehead atoms. The Labute approximate surface area is 151 Å². The summed E-state index contributed by atoms with van der Waals surface area (Å²) in [6.07, 6.45) is 1.36. The number of carbonyl (C=O) groups excluding carboxylic acids is 1. The molecule has 1 heterocycles. The third-order valence-electron chi connectivity index (χ3n) is 3.79. The number of halogens is 1. The average Bonchev–Trinajstić information content (AvgIpc) is 2.72. The zero-order chi connectivity index (χ0) is 18.0. The summed E-state index contributed by atoms with van der Waals surface area (Å²) in [4.78, 5) is 12.3. The lowest BCUT2D eigenvalue weighted by atomic mass is 9.97. The summed E-state index contributed by atoms with van der Waals surface area (Å²) >= 11 is 6.19. The molecule has 1 amide bonds. The van der Waals surface area contributed by atoms with E-state index >= 15 is 0 Å². The number of allylic oxidation sites excluding steroid dienone is 1. The van der Waals surface area contributed by atoms with Crippen LogP contribution in [0.15, 0.2) is 53.3 Å². The van der Waals surface area contributed by atoms with Gasteiger partial charge in [-0.3, -0.25) is 0 Å². The highest BCUT2D eigenvalue weighted by atomic mass is 35.5. The molecule has 25 heavy (non-hydrogen) atoms. The van der Waals surface area contributed by atoms with Crippen LogP contribution in [0.1, 0.15) is 30.5 Å². The van der Waals surface area contributed by atoms with Crippen molar-refractivity contribution in [3.05, 3.63) is 69.9 Å².